The Morgan fingerprint density at radius 2 is 2.22 bits per heavy atom. The number of hydroxylamine groups is 2. The molecular weight excluding hydrogens is 114 g/mol. The molecule has 0 aliphatic heterocycles. The Labute approximate surface area is 56.4 Å². The van der Waals surface area contributed by atoms with E-state index in [-0.39, 0.29) is 0 Å². The number of hydrogen-bond donors (Lipinski definition) is 0. The lowest BCUT2D eigenvalue weighted by Crippen LogP contribution is -2.18. The molecule has 0 saturated heterocycles. The summed E-state index contributed by atoms with van der Waals surface area (Å²) in [5.74, 6) is 1.52. The third-order valence-corrected chi connectivity index (χ3v) is 2.07. The molecule has 9 heavy (non-hydrogen) atoms. The highest BCUT2D eigenvalue weighted by molar-refractivity contribution is 4.84. The summed E-state index contributed by atoms with van der Waals surface area (Å²) in [6.45, 7) is 5.51. The van der Waals surface area contributed by atoms with Crippen molar-refractivity contribution in [2.75, 3.05) is 13.1 Å². The Kier molecular flexibility index (Phi) is 2.09. The van der Waals surface area contributed by atoms with Crippen LogP contribution in [-0.2, 0) is 0 Å². The molecule has 1 aliphatic rings. The van der Waals surface area contributed by atoms with Crippen LogP contribution in [0.2, 0.25) is 0 Å². The van der Waals surface area contributed by atoms with Crippen molar-refractivity contribution in [3.05, 3.63) is 5.21 Å². The summed E-state index contributed by atoms with van der Waals surface area (Å²) in [7, 11) is 0. The topological polar surface area (TPSA) is 26.3 Å². The van der Waals surface area contributed by atoms with E-state index in [4.69, 9.17) is 0 Å². The number of rotatable bonds is 3. The van der Waals surface area contributed by atoms with Crippen LogP contribution in [-0.4, -0.2) is 18.2 Å². The minimum Gasteiger partial charge on any atom is -0.785 e. The Morgan fingerprint density at radius 1 is 1.67 bits per heavy atom. The van der Waals surface area contributed by atoms with Crippen molar-refractivity contribution in [2.24, 2.45) is 11.8 Å². The molecular formula is C7H14NO-. The second-order valence-corrected chi connectivity index (χ2v) is 2.95. The smallest absolute Gasteiger partial charge is 0.0113 e. The summed E-state index contributed by atoms with van der Waals surface area (Å²) < 4.78 is 0. The zero-order chi connectivity index (χ0) is 6.85. The first-order valence-corrected chi connectivity index (χ1v) is 3.66. The van der Waals surface area contributed by atoms with Crippen LogP contribution >= 0.6 is 0 Å². The maximum Gasteiger partial charge on any atom is -0.0113 e. The maximum atomic E-state index is 10.7. The van der Waals surface area contributed by atoms with E-state index in [9.17, 15) is 5.21 Å². The minimum atomic E-state index is 0.642. The predicted octanol–water partition coefficient (Wildman–Crippen LogP) is 1.46. The van der Waals surface area contributed by atoms with Gasteiger partial charge in [-0.25, -0.2) is 0 Å². The summed E-state index contributed by atoms with van der Waals surface area (Å²) in [5.41, 5.74) is 0. The highest BCUT2D eigenvalue weighted by Gasteiger charge is 2.31. The lowest BCUT2D eigenvalue weighted by atomic mass is 10.3. The van der Waals surface area contributed by atoms with Gasteiger partial charge in [0.2, 0.25) is 0 Å². The van der Waals surface area contributed by atoms with Crippen molar-refractivity contribution >= 4 is 0 Å². The van der Waals surface area contributed by atoms with Gasteiger partial charge >= 0.3 is 0 Å². The van der Waals surface area contributed by atoms with Crippen molar-refractivity contribution in [1.29, 1.82) is 0 Å². The van der Waals surface area contributed by atoms with Gasteiger partial charge in [0.25, 0.3) is 0 Å². The minimum absolute atomic E-state index is 0.642. The van der Waals surface area contributed by atoms with Crippen molar-refractivity contribution in [3.63, 3.8) is 0 Å². The molecule has 0 aromatic heterocycles. The number of hydrogen-bond acceptors (Lipinski definition) is 2. The lowest BCUT2D eigenvalue weighted by Gasteiger charge is -2.25. The van der Waals surface area contributed by atoms with Crippen LogP contribution in [0, 0.1) is 17.0 Å². The third kappa shape index (κ3) is 1.95. The number of nitrogens with zero attached hydrogens (tertiary/aromatic N) is 1. The third-order valence-electron chi connectivity index (χ3n) is 2.07. The summed E-state index contributed by atoms with van der Waals surface area (Å²) in [4.78, 5) is 0. The second kappa shape index (κ2) is 2.67. The quantitative estimate of drug-likeness (QED) is 0.538. The van der Waals surface area contributed by atoms with Gasteiger partial charge in [-0.15, -0.1) is 0 Å². The first kappa shape index (κ1) is 7.03. The van der Waals surface area contributed by atoms with Gasteiger partial charge in [0.15, 0.2) is 0 Å². The monoisotopic (exact) mass is 128 g/mol. The van der Waals surface area contributed by atoms with E-state index in [1.165, 1.54) is 6.42 Å². The van der Waals surface area contributed by atoms with Gasteiger partial charge in [0.05, 0.1) is 0 Å². The zero-order valence-electron chi connectivity index (χ0n) is 6.13. The van der Waals surface area contributed by atoms with Gasteiger partial charge in [0.1, 0.15) is 0 Å². The normalized spacial score (nSPS) is 33.3. The SMILES string of the molecule is CCN([O-])CC1CC1C. The van der Waals surface area contributed by atoms with Crippen molar-refractivity contribution < 1.29 is 0 Å². The van der Waals surface area contributed by atoms with Crippen LogP contribution in [0.15, 0.2) is 0 Å². The van der Waals surface area contributed by atoms with E-state index in [2.05, 4.69) is 6.92 Å². The van der Waals surface area contributed by atoms with E-state index in [0.29, 0.717) is 12.5 Å². The van der Waals surface area contributed by atoms with E-state index in [0.717, 1.165) is 17.5 Å². The van der Waals surface area contributed by atoms with E-state index < -0.39 is 0 Å². The molecule has 0 bridgehead atoms. The molecule has 0 amide bonds. The molecule has 0 N–H and O–H groups in total. The van der Waals surface area contributed by atoms with Gasteiger partial charge in [-0.05, 0) is 31.3 Å². The lowest BCUT2D eigenvalue weighted by molar-refractivity contribution is 0.372. The molecule has 0 radical (unpaired) electrons. The van der Waals surface area contributed by atoms with E-state index >= 15 is 0 Å². The van der Waals surface area contributed by atoms with Crippen LogP contribution in [0.4, 0.5) is 0 Å². The molecule has 2 unspecified atom stereocenters. The molecule has 0 spiro atoms. The first-order chi connectivity index (χ1) is 4.24. The average Bonchev–Trinajstić information content (AvgIpc) is 2.47. The van der Waals surface area contributed by atoms with E-state index in [1.54, 1.807) is 0 Å². The highest BCUT2D eigenvalue weighted by atomic mass is 16.5. The molecule has 1 saturated carbocycles. The summed E-state index contributed by atoms with van der Waals surface area (Å²) in [6, 6.07) is 0. The molecule has 54 valence electrons. The molecule has 0 heterocycles. The molecule has 1 aliphatic carbocycles. The van der Waals surface area contributed by atoms with Gasteiger partial charge in [0, 0.05) is 0 Å². The fourth-order valence-corrected chi connectivity index (χ4v) is 1.04. The summed E-state index contributed by atoms with van der Waals surface area (Å²) in [6.07, 6.45) is 1.26. The van der Waals surface area contributed by atoms with Crippen LogP contribution in [0.25, 0.3) is 0 Å². The second-order valence-electron chi connectivity index (χ2n) is 2.95. The van der Waals surface area contributed by atoms with Crippen LogP contribution < -0.4 is 0 Å². The van der Waals surface area contributed by atoms with Gasteiger partial charge in [-0.2, -0.15) is 0 Å². The Balaban J connectivity index is 2.05. The molecule has 0 aromatic carbocycles. The standard InChI is InChI=1S/C7H14NO/c1-3-8(9)5-7-4-6(7)2/h6-7H,3-5H2,1-2H3/q-1. The fraction of sp³-hybridized carbons (Fsp3) is 1.00. The average molecular weight is 128 g/mol. The largest absolute Gasteiger partial charge is 0.785 e. The van der Waals surface area contributed by atoms with Gasteiger partial charge in [-0.1, -0.05) is 13.8 Å². The Morgan fingerprint density at radius 3 is 2.56 bits per heavy atom. The molecule has 0 aromatic rings. The molecule has 2 atom stereocenters. The fourth-order valence-electron chi connectivity index (χ4n) is 1.04. The van der Waals surface area contributed by atoms with Gasteiger partial charge < -0.3 is 10.3 Å². The van der Waals surface area contributed by atoms with Gasteiger partial charge in [-0.3, -0.25) is 0 Å². The molecule has 2 heteroatoms. The van der Waals surface area contributed by atoms with Crippen molar-refractivity contribution in [3.8, 4) is 0 Å². The Bertz CT molecular complexity index is 92.9. The molecule has 2 nitrogen and oxygen atoms in total. The zero-order valence-corrected chi connectivity index (χ0v) is 6.13. The van der Waals surface area contributed by atoms with Crippen LogP contribution in [0.5, 0.6) is 0 Å². The van der Waals surface area contributed by atoms with Crippen molar-refractivity contribution in [1.82, 2.24) is 5.06 Å². The summed E-state index contributed by atoms with van der Waals surface area (Å²) >= 11 is 0. The maximum absolute atomic E-state index is 10.7. The van der Waals surface area contributed by atoms with Crippen molar-refractivity contribution in [2.45, 2.75) is 20.3 Å². The highest BCUT2D eigenvalue weighted by Crippen LogP contribution is 2.37. The predicted molar refractivity (Wildman–Crippen MR) is 37.9 cm³/mol. The molecule has 1 fully saturated rings. The first-order valence-electron chi connectivity index (χ1n) is 3.66. The molecule has 1 rings (SSSR count). The van der Waals surface area contributed by atoms with Crippen LogP contribution in [0.1, 0.15) is 20.3 Å². The van der Waals surface area contributed by atoms with E-state index in [1.807, 2.05) is 6.92 Å². The summed E-state index contributed by atoms with van der Waals surface area (Å²) in [5, 5.41) is 11.9. The Hall–Kier alpha value is -0.0800. The van der Waals surface area contributed by atoms with Crippen LogP contribution in [0.3, 0.4) is 0 Å².